The third kappa shape index (κ3) is 5.72. The molecule has 7 nitrogen and oxygen atoms in total. The van der Waals surface area contributed by atoms with Crippen LogP contribution >= 0.6 is 0 Å². The molecule has 0 heterocycles. The van der Waals surface area contributed by atoms with Crippen molar-refractivity contribution in [2.24, 2.45) is 11.8 Å². The number of carboxylic acid groups (broad SMARTS) is 1. The fraction of sp³-hybridized carbons (Fsp3) is 0.423. The molecular formula is C26H32N2O5. The number of carbonyl (C=O) groups excluding carboxylic acids is 2. The normalized spacial score (nSPS) is 14.2. The van der Waals surface area contributed by atoms with Crippen LogP contribution in [0, 0.1) is 11.8 Å². The SMILES string of the molecule is CC(C)CN(CC(=O)O)C(=O)C(C)C(C)NC(=O)OCC1c2ccccc2-c2ccccc21. The van der Waals surface area contributed by atoms with E-state index >= 15 is 0 Å². The number of ether oxygens (including phenoxy) is 1. The minimum Gasteiger partial charge on any atom is -0.480 e. The largest absolute Gasteiger partial charge is 0.480 e. The van der Waals surface area contributed by atoms with Crippen LogP contribution < -0.4 is 5.32 Å². The molecule has 0 fully saturated rings. The third-order valence-corrected chi connectivity index (χ3v) is 6.05. The predicted molar refractivity (Wildman–Crippen MR) is 126 cm³/mol. The molecule has 1 aliphatic carbocycles. The van der Waals surface area contributed by atoms with E-state index in [1.807, 2.05) is 38.1 Å². The second-order valence-corrected chi connectivity index (χ2v) is 9.05. The van der Waals surface area contributed by atoms with Gasteiger partial charge in [0.1, 0.15) is 13.2 Å². The zero-order valence-electron chi connectivity index (χ0n) is 19.6. The fourth-order valence-electron chi connectivity index (χ4n) is 4.29. The van der Waals surface area contributed by atoms with Crippen molar-refractivity contribution in [3.05, 3.63) is 59.7 Å². The number of hydrogen-bond acceptors (Lipinski definition) is 4. The summed E-state index contributed by atoms with van der Waals surface area (Å²) in [6, 6.07) is 15.7. The zero-order valence-corrected chi connectivity index (χ0v) is 19.6. The Balaban J connectivity index is 1.60. The van der Waals surface area contributed by atoms with Gasteiger partial charge in [0, 0.05) is 18.5 Å². The van der Waals surface area contributed by atoms with Crippen LogP contribution in [0.5, 0.6) is 0 Å². The van der Waals surface area contributed by atoms with Gasteiger partial charge in [-0.1, -0.05) is 69.3 Å². The summed E-state index contributed by atoms with van der Waals surface area (Å²) in [6.07, 6.45) is -0.599. The highest BCUT2D eigenvalue weighted by molar-refractivity contribution is 5.84. The summed E-state index contributed by atoms with van der Waals surface area (Å²) < 4.78 is 5.56. The Labute approximate surface area is 194 Å². The van der Waals surface area contributed by atoms with Crippen molar-refractivity contribution in [1.82, 2.24) is 10.2 Å². The first-order chi connectivity index (χ1) is 15.7. The van der Waals surface area contributed by atoms with Crippen LogP contribution in [0.15, 0.2) is 48.5 Å². The first-order valence-corrected chi connectivity index (χ1v) is 11.3. The van der Waals surface area contributed by atoms with E-state index in [2.05, 4.69) is 29.6 Å². The molecule has 2 N–H and O–H groups in total. The summed E-state index contributed by atoms with van der Waals surface area (Å²) in [5.74, 6) is -1.88. The van der Waals surface area contributed by atoms with Crippen molar-refractivity contribution in [2.45, 2.75) is 39.7 Å². The molecule has 7 heteroatoms. The van der Waals surface area contributed by atoms with Gasteiger partial charge in [-0.2, -0.15) is 0 Å². The van der Waals surface area contributed by atoms with Crippen LogP contribution in [0.3, 0.4) is 0 Å². The Morgan fingerprint density at radius 2 is 1.52 bits per heavy atom. The predicted octanol–water partition coefficient (Wildman–Crippen LogP) is 4.12. The van der Waals surface area contributed by atoms with E-state index in [9.17, 15) is 14.4 Å². The minimum absolute atomic E-state index is 0.0467. The van der Waals surface area contributed by atoms with Gasteiger partial charge in [0.2, 0.25) is 5.91 Å². The minimum atomic E-state index is -1.06. The van der Waals surface area contributed by atoms with Crippen LogP contribution in [-0.2, 0) is 14.3 Å². The van der Waals surface area contributed by atoms with E-state index in [1.54, 1.807) is 13.8 Å². The van der Waals surface area contributed by atoms with E-state index in [1.165, 1.54) is 4.90 Å². The van der Waals surface area contributed by atoms with Crippen molar-refractivity contribution in [2.75, 3.05) is 19.7 Å². The Bertz CT molecular complexity index is 974. The molecule has 0 aliphatic heterocycles. The van der Waals surface area contributed by atoms with Gasteiger partial charge in [-0.15, -0.1) is 0 Å². The highest BCUT2D eigenvalue weighted by atomic mass is 16.5. The Kier molecular flexibility index (Phi) is 7.74. The van der Waals surface area contributed by atoms with E-state index in [0.717, 1.165) is 22.3 Å². The van der Waals surface area contributed by atoms with Crippen LogP contribution in [0.1, 0.15) is 44.7 Å². The van der Waals surface area contributed by atoms with Crippen LogP contribution in [0.25, 0.3) is 11.1 Å². The Morgan fingerprint density at radius 3 is 2.03 bits per heavy atom. The molecule has 2 aromatic carbocycles. The first-order valence-electron chi connectivity index (χ1n) is 11.3. The number of hydrogen-bond donors (Lipinski definition) is 2. The van der Waals surface area contributed by atoms with Crippen molar-refractivity contribution in [1.29, 1.82) is 0 Å². The van der Waals surface area contributed by atoms with Gasteiger partial charge in [-0.25, -0.2) is 4.79 Å². The highest BCUT2D eigenvalue weighted by Crippen LogP contribution is 2.44. The molecule has 33 heavy (non-hydrogen) atoms. The van der Waals surface area contributed by atoms with Crippen molar-refractivity contribution in [3.8, 4) is 11.1 Å². The van der Waals surface area contributed by atoms with Gasteiger partial charge >= 0.3 is 12.1 Å². The van der Waals surface area contributed by atoms with Crippen LogP contribution in [-0.4, -0.2) is 53.7 Å². The van der Waals surface area contributed by atoms with E-state index in [4.69, 9.17) is 9.84 Å². The van der Waals surface area contributed by atoms with E-state index in [-0.39, 0.29) is 30.9 Å². The van der Waals surface area contributed by atoms with E-state index < -0.39 is 24.0 Å². The molecule has 176 valence electrons. The van der Waals surface area contributed by atoms with Gasteiger partial charge < -0.3 is 20.1 Å². The number of benzene rings is 2. The maximum atomic E-state index is 12.8. The number of nitrogens with zero attached hydrogens (tertiary/aromatic N) is 1. The molecule has 0 radical (unpaired) electrons. The zero-order chi connectivity index (χ0) is 24.1. The molecule has 2 aromatic rings. The second-order valence-electron chi connectivity index (χ2n) is 9.05. The molecule has 2 amide bonds. The number of alkyl carbamates (subject to hydrolysis) is 1. The maximum Gasteiger partial charge on any atom is 0.407 e. The number of aliphatic carboxylic acids is 1. The summed E-state index contributed by atoms with van der Waals surface area (Å²) in [5.41, 5.74) is 4.55. The lowest BCUT2D eigenvalue weighted by molar-refractivity contribution is -0.146. The molecule has 0 saturated carbocycles. The molecule has 2 atom stereocenters. The summed E-state index contributed by atoms with van der Waals surface area (Å²) in [6.45, 7) is 7.42. The fourth-order valence-corrected chi connectivity index (χ4v) is 4.29. The Morgan fingerprint density at radius 1 is 0.970 bits per heavy atom. The number of carbonyl (C=O) groups is 3. The molecule has 2 unspecified atom stereocenters. The monoisotopic (exact) mass is 452 g/mol. The van der Waals surface area contributed by atoms with Gasteiger partial charge in [-0.3, -0.25) is 9.59 Å². The van der Waals surface area contributed by atoms with Crippen LogP contribution in [0.2, 0.25) is 0 Å². The molecule has 1 aliphatic rings. The standard InChI is InChI=1S/C26H32N2O5/c1-16(2)13-28(14-24(29)30)25(31)17(3)18(4)27-26(32)33-15-23-21-11-7-5-9-19(21)20-10-6-8-12-22(20)23/h5-12,16-18,23H,13-15H2,1-4H3,(H,27,32)(H,29,30). The number of nitrogens with one attached hydrogen (secondary N) is 1. The summed E-state index contributed by atoms with van der Waals surface area (Å²) in [5, 5.41) is 11.9. The van der Waals surface area contributed by atoms with Gasteiger partial charge in [0.05, 0.1) is 5.92 Å². The average molecular weight is 453 g/mol. The highest BCUT2D eigenvalue weighted by Gasteiger charge is 2.31. The quantitative estimate of drug-likeness (QED) is 0.597. The van der Waals surface area contributed by atoms with Crippen LogP contribution in [0.4, 0.5) is 4.79 Å². The molecule has 0 aromatic heterocycles. The lowest BCUT2D eigenvalue weighted by Crippen LogP contribution is -2.48. The topological polar surface area (TPSA) is 95.9 Å². The molecular weight excluding hydrogens is 420 g/mol. The summed E-state index contributed by atoms with van der Waals surface area (Å²) in [4.78, 5) is 37.9. The average Bonchev–Trinajstić information content (AvgIpc) is 3.09. The maximum absolute atomic E-state index is 12.8. The molecule has 3 rings (SSSR count). The lowest BCUT2D eigenvalue weighted by atomic mass is 9.98. The Hall–Kier alpha value is -3.35. The first kappa shape index (κ1) is 24.3. The van der Waals surface area contributed by atoms with Gasteiger partial charge in [-0.05, 0) is 35.1 Å². The number of amides is 2. The van der Waals surface area contributed by atoms with Crippen molar-refractivity contribution < 1.29 is 24.2 Å². The van der Waals surface area contributed by atoms with Crippen molar-refractivity contribution >= 4 is 18.0 Å². The molecule has 0 saturated heterocycles. The number of fused-ring (bicyclic) bond motifs is 3. The molecule has 0 bridgehead atoms. The smallest absolute Gasteiger partial charge is 0.407 e. The number of rotatable bonds is 9. The van der Waals surface area contributed by atoms with Gasteiger partial charge in [0.15, 0.2) is 0 Å². The second kappa shape index (κ2) is 10.5. The van der Waals surface area contributed by atoms with E-state index in [0.29, 0.717) is 6.54 Å². The number of carboxylic acids is 1. The van der Waals surface area contributed by atoms with Crippen molar-refractivity contribution in [3.63, 3.8) is 0 Å². The van der Waals surface area contributed by atoms with Gasteiger partial charge in [0.25, 0.3) is 0 Å². The lowest BCUT2D eigenvalue weighted by Gasteiger charge is -2.29. The third-order valence-electron chi connectivity index (χ3n) is 6.05. The summed E-state index contributed by atoms with van der Waals surface area (Å²) in [7, 11) is 0. The summed E-state index contributed by atoms with van der Waals surface area (Å²) >= 11 is 0. The molecule has 0 spiro atoms.